The zero-order valence-corrected chi connectivity index (χ0v) is 12.1. The number of amides is 2. The van der Waals surface area contributed by atoms with E-state index in [1.165, 1.54) is 10.9 Å². The molecule has 1 aromatic rings. The minimum atomic E-state index is -4.51. The zero-order valence-electron chi connectivity index (χ0n) is 12.1. The molecule has 0 unspecified atom stereocenters. The molecule has 1 aromatic heterocycles. The molecule has 1 fully saturated rings. The van der Waals surface area contributed by atoms with Crippen molar-refractivity contribution in [1.82, 2.24) is 20.0 Å². The van der Waals surface area contributed by atoms with Crippen LogP contribution in [0.4, 0.5) is 18.0 Å². The predicted molar refractivity (Wildman–Crippen MR) is 70.8 cm³/mol. The minimum absolute atomic E-state index is 0.00789. The molecule has 7 nitrogen and oxygen atoms in total. The molecule has 1 saturated carbocycles. The lowest BCUT2D eigenvalue weighted by Crippen LogP contribution is -2.63. The van der Waals surface area contributed by atoms with Gasteiger partial charge >= 0.3 is 12.3 Å². The number of carboxylic acid groups (broad SMARTS) is 1. The lowest BCUT2D eigenvalue weighted by molar-refractivity contribution is -0.215. The van der Waals surface area contributed by atoms with E-state index in [2.05, 4.69) is 10.4 Å². The van der Waals surface area contributed by atoms with Gasteiger partial charge in [0.05, 0.1) is 30.5 Å². The number of nitrogens with one attached hydrogen (secondary N) is 1. The van der Waals surface area contributed by atoms with Crippen molar-refractivity contribution >= 4 is 12.0 Å². The Labute approximate surface area is 129 Å². The largest absolute Gasteiger partial charge is 0.465 e. The van der Waals surface area contributed by atoms with Gasteiger partial charge in [0.15, 0.2) is 0 Å². The zero-order chi connectivity index (χ0) is 16.8. The van der Waals surface area contributed by atoms with Crippen molar-refractivity contribution in [2.24, 2.45) is 0 Å². The maximum Gasteiger partial charge on any atom is 0.411 e. The molecule has 10 heteroatoms. The smallest absolute Gasteiger partial charge is 0.411 e. The van der Waals surface area contributed by atoms with Gasteiger partial charge < -0.3 is 15.3 Å². The summed E-state index contributed by atoms with van der Waals surface area (Å²) in [6.07, 6.45) is -4.35. The average Bonchev–Trinajstić information content (AvgIpc) is 2.83. The van der Waals surface area contributed by atoms with Crippen molar-refractivity contribution < 1.29 is 27.9 Å². The molecule has 2 amide bonds. The summed E-state index contributed by atoms with van der Waals surface area (Å²) in [6, 6.07) is 0. The summed E-state index contributed by atoms with van der Waals surface area (Å²) in [7, 11) is 0. The standard InChI is InChI=1S/C13H15F3N4O3/c14-13(15,16)12(2-1-3-12)18-10(21)8-6-17-20-5-4-19(11(22)23)7-9(8)20/h6H,1-5,7H2,(H,18,21)(H,22,23). The molecule has 2 N–H and O–H groups in total. The first-order valence-corrected chi connectivity index (χ1v) is 7.15. The summed E-state index contributed by atoms with van der Waals surface area (Å²) in [6.45, 7) is 0.411. The number of hydrogen-bond acceptors (Lipinski definition) is 3. The first-order chi connectivity index (χ1) is 10.7. The molecule has 1 aliphatic carbocycles. The van der Waals surface area contributed by atoms with Gasteiger partial charge in [0, 0.05) is 6.54 Å². The minimum Gasteiger partial charge on any atom is -0.465 e. The average molecular weight is 332 g/mol. The maximum absolute atomic E-state index is 13.1. The van der Waals surface area contributed by atoms with Crippen LogP contribution in [0.2, 0.25) is 0 Å². The van der Waals surface area contributed by atoms with Crippen LogP contribution in [-0.2, 0) is 13.1 Å². The van der Waals surface area contributed by atoms with Crippen LogP contribution in [0.5, 0.6) is 0 Å². The van der Waals surface area contributed by atoms with Crippen LogP contribution in [0.15, 0.2) is 6.20 Å². The Kier molecular flexibility index (Phi) is 3.49. The summed E-state index contributed by atoms with van der Waals surface area (Å²) in [5, 5.41) is 15.1. The molecule has 0 radical (unpaired) electrons. The number of aromatic nitrogens is 2. The third kappa shape index (κ3) is 2.51. The van der Waals surface area contributed by atoms with Crippen LogP contribution < -0.4 is 5.32 Å². The van der Waals surface area contributed by atoms with Gasteiger partial charge in [-0.05, 0) is 19.3 Å². The molecule has 3 rings (SSSR count). The van der Waals surface area contributed by atoms with Crippen molar-refractivity contribution in [3.05, 3.63) is 17.5 Å². The second-order valence-corrected chi connectivity index (χ2v) is 5.82. The second-order valence-electron chi connectivity index (χ2n) is 5.82. The number of fused-ring (bicyclic) bond motifs is 1. The van der Waals surface area contributed by atoms with E-state index in [0.29, 0.717) is 12.1 Å². The molecule has 0 atom stereocenters. The molecule has 0 saturated heterocycles. The predicted octanol–water partition coefficient (Wildman–Crippen LogP) is 1.59. The third-order valence-corrected chi connectivity index (χ3v) is 4.49. The summed E-state index contributed by atoms with van der Waals surface area (Å²) in [4.78, 5) is 24.4. The highest BCUT2D eigenvalue weighted by Crippen LogP contribution is 2.45. The Balaban J connectivity index is 1.82. The van der Waals surface area contributed by atoms with Gasteiger partial charge in [-0.3, -0.25) is 9.48 Å². The van der Waals surface area contributed by atoms with Crippen molar-refractivity contribution in [3.63, 3.8) is 0 Å². The molecule has 23 heavy (non-hydrogen) atoms. The normalized spacial score (nSPS) is 19.7. The highest BCUT2D eigenvalue weighted by molar-refractivity contribution is 5.96. The van der Waals surface area contributed by atoms with E-state index in [9.17, 15) is 22.8 Å². The van der Waals surface area contributed by atoms with Crippen molar-refractivity contribution in [2.45, 2.75) is 44.1 Å². The van der Waals surface area contributed by atoms with E-state index in [0.717, 1.165) is 4.90 Å². The molecule has 126 valence electrons. The first-order valence-electron chi connectivity index (χ1n) is 7.15. The fourth-order valence-corrected chi connectivity index (χ4v) is 2.89. The fraction of sp³-hybridized carbons (Fsp3) is 0.615. The molecule has 2 aliphatic rings. The van der Waals surface area contributed by atoms with Crippen LogP contribution in [0.25, 0.3) is 0 Å². The summed E-state index contributed by atoms with van der Waals surface area (Å²) < 4.78 is 40.9. The van der Waals surface area contributed by atoms with Crippen LogP contribution in [0.3, 0.4) is 0 Å². The van der Waals surface area contributed by atoms with E-state index in [4.69, 9.17) is 5.11 Å². The van der Waals surface area contributed by atoms with E-state index >= 15 is 0 Å². The Hall–Kier alpha value is -2.26. The Morgan fingerprint density at radius 1 is 1.30 bits per heavy atom. The van der Waals surface area contributed by atoms with Gasteiger partial charge in [-0.25, -0.2) is 4.79 Å². The molecule has 1 aliphatic heterocycles. The number of halogens is 3. The first kappa shape index (κ1) is 15.6. The van der Waals surface area contributed by atoms with Gasteiger partial charge in [0.25, 0.3) is 5.91 Å². The monoisotopic (exact) mass is 332 g/mol. The summed E-state index contributed by atoms with van der Waals surface area (Å²) in [5.41, 5.74) is -1.88. The summed E-state index contributed by atoms with van der Waals surface area (Å²) >= 11 is 0. The van der Waals surface area contributed by atoms with Gasteiger partial charge in [0.2, 0.25) is 0 Å². The van der Waals surface area contributed by atoms with Gasteiger partial charge in [-0.1, -0.05) is 0 Å². The number of hydrogen-bond donors (Lipinski definition) is 2. The molecule has 0 bridgehead atoms. The quantitative estimate of drug-likeness (QED) is 0.861. The van der Waals surface area contributed by atoms with Gasteiger partial charge in [0.1, 0.15) is 5.54 Å². The fourth-order valence-electron chi connectivity index (χ4n) is 2.89. The van der Waals surface area contributed by atoms with Gasteiger partial charge in [-0.15, -0.1) is 0 Å². The highest BCUT2D eigenvalue weighted by atomic mass is 19.4. The molecular formula is C13H15F3N4O3. The van der Waals surface area contributed by atoms with Crippen LogP contribution >= 0.6 is 0 Å². The summed E-state index contributed by atoms with van der Waals surface area (Å²) in [5.74, 6) is -0.865. The van der Waals surface area contributed by atoms with Crippen molar-refractivity contribution in [1.29, 1.82) is 0 Å². The van der Waals surface area contributed by atoms with Gasteiger partial charge in [-0.2, -0.15) is 18.3 Å². The number of rotatable bonds is 2. The molecule has 0 aromatic carbocycles. The topological polar surface area (TPSA) is 87.5 Å². The molecular weight excluding hydrogens is 317 g/mol. The van der Waals surface area contributed by atoms with E-state index in [-0.39, 0.29) is 38.0 Å². The van der Waals surface area contributed by atoms with E-state index in [1.807, 2.05) is 0 Å². The number of alkyl halides is 3. The second kappa shape index (κ2) is 5.14. The lowest BCUT2D eigenvalue weighted by atomic mass is 9.76. The number of nitrogens with zero attached hydrogens (tertiary/aromatic N) is 3. The van der Waals surface area contributed by atoms with Crippen molar-refractivity contribution in [2.75, 3.05) is 6.54 Å². The SMILES string of the molecule is O=C(NC1(C(F)(F)F)CCC1)c1cnn2c1CN(C(=O)O)CC2. The highest BCUT2D eigenvalue weighted by Gasteiger charge is 2.59. The maximum atomic E-state index is 13.1. The lowest BCUT2D eigenvalue weighted by Gasteiger charge is -2.43. The Bertz CT molecular complexity index is 651. The number of carbonyl (C=O) groups is 2. The number of carbonyl (C=O) groups excluding carboxylic acids is 1. The van der Waals surface area contributed by atoms with Crippen LogP contribution in [0.1, 0.15) is 35.3 Å². The van der Waals surface area contributed by atoms with Crippen molar-refractivity contribution in [3.8, 4) is 0 Å². The Morgan fingerprint density at radius 2 is 2.00 bits per heavy atom. The van der Waals surface area contributed by atoms with E-state index < -0.39 is 23.7 Å². The molecule has 0 spiro atoms. The van der Waals surface area contributed by atoms with Crippen LogP contribution in [0, 0.1) is 0 Å². The van der Waals surface area contributed by atoms with E-state index in [1.54, 1.807) is 0 Å². The van der Waals surface area contributed by atoms with Crippen LogP contribution in [-0.4, -0.2) is 50.0 Å². The Morgan fingerprint density at radius 3 is 2.52 bits per heavy atom. The molecule has 2 heterocycles. The third-order valence-electron chi connectivity index (χ3n) is 4.49.